The zero-order valence-electron chi connectivity index (χ0n) is 16.2. The third-order valence-corrected chi connectivity index (χ3v) is 5.74. The van der Waals surface area contributed by atoms with Gasteiger partial charge >= 0.3 is 0 Å². The predicted molar refractivity (Wildman–Crippen MR) is 122 cm³/mol. The summed E-state index contributed by atoms with van der Waals surface area (Å²) < 4.78 is 4.04. The van der Waals surface area contributed by atoms with Crippen molar-refractivity contribution in [2.75, 3.05) is 0 Å². The number of carbonyl (C=O) groups excluding carboxylic acids is 1. The smallest absolute Gasteiger partial charge is 0.262 e. The number of rotatable bonds is 2. The van der Waals surface area contributed by atoms with Gasteiger partial charge in [0.2, 0.25) is 0 Å². The topological polar surface area (TPSA) is 26.9 Å². The van der Waals surface area contributed by atoms with Crippen molar-refractivity contribution >= 4 is 38.6 Å². The molecule has 0 saturated carbocycles. The van der Waals surface area contributed by atoms with Gasteiger partial charge in [0, 0.05) is 33.6 Å². The lowest BCUT2D eigenvalue weighted by Gasteiger charge is -2.07. The minimum absolute atomic E-state index is 0.0105. The normalized spacial score (nSPS) is 11.5. The van der Waals surface area contributed by atoms with Gasteiger partial charge in [0.25, 0.3) is 5.91 Å². The number of nitrogens with zero attached hydrogens (tertiary/aromatic N) is 2. The number of carbonyl (C=O) groups is 1. The average Bonchev–Trinajstić information content (AvgIpc) is 3.37. The molecule has 4 aromatic carbocycles. The first-order valence-electron chi connectivity index (χ1n) is 10.0. The minimum Gasteiger partial charge on any atom is -0.317 e. The summed E-state index contributed by atoms with van der Waals surface area (Å²) in [7, 11) is 0. The fourth-order valence-electron chi connectivity index (χ4n) is 4.34. The number of para-hydroxylation sites is 2. The van der Waals surface area contributed by atoms with E-state index in [1.807, 2.05) is 71.3 Å². The molecule has 0 N–H and O–H groups in total. The number of hydrogen-bond acceptors (Lipinski definition) is 1. The lowest BCUT2D eigenvalue weighted by molar-refractivity contribution is 0.0969. The van der Waals surface area contributed by atoms with Crippen LogP contribution in [0.15, 0.2) is 109 Å². The van der Waals surface area contributed by atoms with E-state index < -0.39 is 0 Å². The monoisotopic (exact) mass is 386 g/mol. The summed E-state index contributed by atoms with van der Waals surface area (Å²) in [5.74, 6) is -0.0105. The van der Waals surface area contributed by atoms with Crippen molar-refractivity contribution in [1.29, 1.82) is 0 Å². The Labute approximate surface area is 173 Å². The first-order valence-corrected chi connectivity index (χ1v) is 10.0. The van der Waals surface area contributed by atoms with Gasteiger partial charge in [-0.25, -0.2) is 0 Å². The van der Waals surface area contributed by atoms with Gasteiger partial charge < -0.3 is 4.57 Å². The molecule has 0 atom stereocenters. The van der Waals surface area contributed by atoms with E-state index in [0.717, 1.165) is 38.4 Å². The largest absolute Gasteiger partial charge is 0.317 e. The molecular weight excluding hydrogens is 368 g/mol. The fourth-order valence-corrected chi connectivity index (χ4v) is 4.34. The second-order valence-corrected chi connectivity index (χ2v) is 7.47. The van der Waals surface area contributed by atoms with Crippen LogP contribution < -0.4 is 0 Å². The summed E-state index contributed by atoms with van der Waals surface area (Å²) in [4.78, 5) is 13.5. The SMILES string of the molecule is O=C(c1ccccc1)n1c2ccccc2c2cc3c(ccn3-c3ccccc3)cc21. The number of fused-ring (bicyclic) bond motifs is 4. The Kier molecular flexibility index (Phi) is 3.62. The molecule has 30 heavy (non-hydrogen) atoms. The number of benzene rings is 4. The van der Waals surface area contributed by atoms with Crippen molar-refractivity contribution in [1.82, 2.24) is 9.13 Å². The average molecular weight is 386 g/mol. The highest BCUT2D eigenvalue weighted by Crippen LogP contribution is 2.34. The highest BCUT2D eigenvalue weighted by Gasteiger charge is 2.18. The second-order valence-electron chi connectivity index (χ2n) is 7.47. The third-order valence-electron chi connectivity index (χ3n) is 5.74. The van der Waals surface area contributed by atoms with Crippen molar-refractivity contribution in [3.8, 4) is 5.69 Å². The molecule has 0 bridgehead atoms. The molecule has 0 aliphatic rings. The van der Waals surface area contributed by atoms with Gasteiger partial charge in [-0.05, 0) is 48.5 Å². The van der Waals surface area contributed by atoms with Gasteiger partial charge in [-0.2, -0.15) is 0 Å². The zero-order chi connectivity index (χ0) is 20.1. The highest BCUT2D eigenvalue weighted by atomic mass is 16.2. The van der Waals surface area contributed by atoms with E-state index in [-0.39, 0.29) is 5.91 Å². The van der Waals surface area contributed by atoms with Crippen LogP contribution in [0.2, 0.25) is 0 Å². The van der Waals surface area contributed by atoms with Crippen molar-refractivity contribution in [3.63, 3.8) is 0 Å². The molecule has 142 valence electrons. The Balaban J connectivity index is 1.68. The first-order chi connectivity index (χ1) is 14.8. The molecule has 0 saturated heterocycles. The van der Waals surface area contributed by atoms with E-state index in [4.69, 9.17) is 0 Å². The van der Waals surface area contributed by atoms with Crippen molar-refractivity contribution in [2.24, 2.45) is 0 Å². The van der Waals surface area contributed by atoms with Crippen molar-refractivity contribution in [3.05, 3.63) is 115 Å². The molecule has 0 spiro atoms. The Morgan fingerprint density at radius 1 is 0.600 bits per heavy atom. The second kappa shape index (κ2) is 6.46. The van der Waals surface area contributed by atoms with Gasteiger partial charge in [0.15, 0.2) is 0 Å². The summed E-state index contributed by atoms with van der Waals surface area (Å²) >= 11 is 0. The molecule has 0 aliphatic heterocycles. The molecule has 3 nitrogen and oxygen atoms in total. The summed E-state index contributed by atoms with van der Waals surface area (Å²) in [5.41, 5.74) is 4.80. The minimum atomic E-state index is -0.0105. The summed E-state index contributed by atoms with van der Waals surface area (Å²) in [5, 5.41) is 3.27. The van der Waals surface area contributed by atoms with Crippen LogP contribution in [0.4, 0.5) is 0 Å². The first kappa shape index (κ1) is 16.8. The lowest BCUT2D eigenvalue weighted by Crippen LogP contribution is -2.11. The summed E-state index contributed by atoms with van der Waals surface area (Å²) in [6.45, 7) is 0. The molecular formula is C27H18N2O. The summed E-state index contributed by atoms with van der Waals surface area (Å²) in [6, 6.07) is 34.4. The van der Waals surface area contributed by atoms with E-state index in [1.165, 1.54) is 0 Å². The molecule has 2 aromatic heterocycles. The fraction of sp³-hybridized carbons (Fsp3) is 0. The van der Waals surface area contributed by atoms with Crippen LogP contribution in [0.5, 0.6) is 0 Å². The van der Waals surface area contributed by atoms with Crippen LogP contribution in [0, 0.1) is 0 Å². The highest BCUT2D eigenvalue weighted by molar-refractivity contribution is 6.18. The van der Waals surface area contributed by atoms with E-state index >= 15 is 0 Å². The van der Waals surface area contributed by atoms with Crippen LogP contribution >= 0.6 is 0 Å². The molecule has 0 radical (unpaired) electrons. The van der Waals surface area contributed by atoms with E-state index in [9.17, 15) is 4.79 Å². The molecule has 2 heterocycles. The Hall–Kier alpha value is -4.11. The summed E-state index contributed by atoms with van der Waals surface area (Å²) in [6.07, 6.45) is 2.09. The lowest BCUT2D eigenvalue weighted by atomic mass is 10.1. The number of aromatic nitrogens is 2. The molecule has 6 rings (SSSR count). The third kappa shape index (κ3) is 2.42. The van der Waals surface area contributed by atoms with Gasteiger partial charge in [-0.15, -0.1) is 0 Å². The Bertz CT molecular complexity index is 1540. The van der Waals surface area contributed by atoms with Gasteiger partial charge in [-0.1, -0.05) is 54.6 Å². The van der Waals surface area contributed by atoms with Crippen molar-refractivity contribution < 1.29 is 4.79 Å². The van der Waals surface area contributed by atoms with E-state index in [2.05, 4.69) is 47.2 Å². The van der Waals surface area contributed by atoms with Crippen LogP contribution in [0.1, 0.15) is 10.4 Å². The van der Waals surface area contributed by atoms with E-state index in [0.29, 0.717) is 5.56 Å². The quantitative estimate of drug-likeness (QED) is 0.337. The Morgan fingerprint density at radius 3 is 2.10 bits per heavy atom. The molecule has 0 unspecified atom stereocenters. The molecule has 6 aromatic rings. The molecule has 3 heteroatoms. The standard InChI is InChI=1S/C27H18N2O/c30-27(19-9-3-1-4-10-19)29-24-14-8-7-13-22(24)23-18-25-20(17-26(23)29)15-16-28(25)21-11-5-2-6-12-21/h1-18H. The van der Waals surface area contributed by atoms with Crippen LogP contribution in [0.25, 0.3) is 38.4 Å². The van der Waals surface area contributed by atoms with Crippen LogP contribution in [-0.2, 0) is 0 Å². The van der Waals surface area contributed by atoms with E-state index in [1.54, 1.807) is 0 Å². The predicted octanol–water partition coefficient (Wildman–Crippen LogP) is 6.43. The molecule has 0 amide bonds. The maximum atomic E-state index is 13.5. The van der Waals surface area contributed by atoms with Crippen LogP contribution in [0.3, 0.4) is 0 Å². The van der Waals surface area contributed by atoms with Gasteiger partial charge in [-0.3, -0.25) is 9.36 Å². The molecule has 0 aliphatic carbocycles. The maximum Gasteiger partial charge on any atom is 0.262 e. The zero-order valence-corrected chi connectivity index (χ0v) is 16.2. The maximum absolute atomic E-state index is 13.5. The number of hydrogen-bond donors (Lipinski definition) is 0. The van der Waals surface area contributed by atoms with Gasteiger partial charge in [0.1, 0.15) is 0 Å². The van der Waals surface area contributed by atoms with Gasteiger partial charge in [0.05, 0.1) is 16.6 Å². The Morgan fingerprint density at radius 2 is 1.30 bits per heavy atom. The van der Waals surface area contributed by atoms with Crippen molar-refractivity contribution in [2.45, 2.75) is 0 Å². The molecule has 0 fully saturated rings. The van der Waals surface area contributed by atoms with Crippen LogP contribution in [-0.4, -0.2) is 15.0 Å².